The second-order valence-electron chi connectivity index (χ2n) is 6.28. The Labute approximate surface area is 160 Å². The molecule has 0 bridgehead atoms. The van der Waals surface area contributed by atoms with Crippen LogP contribution in [-0.4, -0.2) is 16.1 Å². The molecule has 1 amide bonds. The van der Waals surface area contributed by atoms with Gasteiger partial charge in [-0.15, -0.1) is 0 Å². The lowest BCUT2D eigenvalue weighted by atomic mass is 10.0. The predicted molar refractivity (Wildman–Crippen MR) is 108 cm³/mol. The van der Waals surface area contributed by atoms with E-state index in [-0.39, 0.29) is 11.2 Å². The van der Waals surface area contributed by atoms with Crippen molar-refractivity contribution in [1.29, 1.82) is 5.26 Å². The van der Waals surface area contributed by atoms with Crippen LogP contribution in [0.25, 0.3) is 0 Å². The van der Waals surface area contributed by atoms with Crippen molar-refractivity contribution in [3.8, 4) is 6.07 Å². The maximum absolute atomic E-state index is 12.8. The maximum Gasteiger partial charge on any atom is 0.237 e. The monoisotopic (exact) mass is 367 g/mol. The number of rotatable bonds is 6. The molecule has 1 aromatic heterocycles. The third kappa shape index (κ3) is 4.44. The first kappa shape index (κ1) is 20.0. The molecular weight excluding hydrogens is 342 g/mol. The number of carbonyl (C=O) groups excluding carboxylic acids is 1. The first-order chi connectivity index (χ1) is 12.4. The molecule has 0 aliphatic heterocycles. The van der Waals surface area contributed by atoms with E-state index in [0.29, 0.717) is 10.6 Å². The number of para-hydroxylation sites is 1. The Balaban J connectivity index is 2.24. The van der Waals surface area contributed by atoms with Crippen molar-refractivity contribution in [2.24, 2.45) is 0 Å². The van der Waals surface area contributed by atoms with Crippen LogP contribution in [0.4, 0.5) is 5.69 Å². The molecule has 0 saturated carbocycles. The molecule has 0 fully saturated rings. The number of aryl methyl sites for hydroxylation is 4. The standard InChI is InChI=1S/C21H25N3OS/c1-6-16-9-8-10-17(7-2)19(16)24-20(25)15(5)26-21-18(12-22)13(3)11-14(4)23-21/h8-11,15H,6-7H2,1-5H3,(H,24,25). The highest BCUT2D eigenvalue weighted by molar-refractivity contribution is 8.00. The first-order valence-electron chi connectivity index (χ1n) is 8.87. The third-order valence-electron chi connectivity index (χ3n) is 4.33. The van der Waals surface area contributed by atoms with Gasteiger partial charge in [0, 0.05) is 11.4 Å². The summed E-state index contributed by atoms with van der Waals surface area (Å²) in [4.78, 5) is 17.2. The summed E-state index contributed by atoms with van der Waals surface area (Å²) in [5.74, 6) is -0.0737. The molecule has 5 heteroatoms. The Morgan fingerprint density at radius 3 is 2.42 bits per heavy atom. The highest BCUT2D eigenvalue weighted by atomic mass is 32.2. The summed E-state index contributed by atoms with van der Waals surface area (Å²) in [6.45, 7) is 9.81. The number of aromatic nitrogens is 1. The first-order valence-corrected chi connectivity index (χ1v) is 9.75. The molecule has 0 radical (unpaired) electrons. The summed E-state index contributed by atoms with van der Waals surface area (Å²) in [5, 5.41) is 12.8. The molecule has 2 rings (SSSR count). The number of hydrogen-bond acceptors (Lipinski definition) is 4. The van der Waals surface area contributed by atoms with Gasteiger partial charge in [0.05, 0.1) is 10.8 Å². The SMILES string of the molecule is CCc1cccc(CC)c1NC(=O)C(C)Sc1nc(C)cc(C)c1C#N. The van der Waals surface area contributed by atoms with E-state index in [1.807, 2.05) is 45.0 Å². The number of amides is 1. The fourth-order valence-corrected chi connectivity index (χ4v) is 3.89. The van der Waals surface area contributed by atoms with Crippen LogP contribution in [0.2, 0.25) is 0 Å². The number of pyridine rings is 1. The van der Waals surface area contributed by atoms with Crippen molar-refractivity contribution < 1.29 is 4.79 Å². The highest BCUT2D eigenvalue weighted by Crippen LogP contribution is 2.29. The lowest BCUT2D eigenvalue weighted by Crippen LogP contribution is -2.24. The van der Waals surface area contributed by atoms with E-state index in [4.69, 9.17) is 0 Å². The van der Waals surface area contributed by atoms with E-state index in [9.17, 15) is 10.1 Å². The molecule has 1 unspecified atom stereocenters. The molecule has 0 spiro atoms. The van der Waals surface area contributed by atoms with Gasteiger partial charge in [-0.05, 0) is 56.4 Å². The summed E-state index contributed by atoms with van der Waals surface area (Å²) in [6, 6.07) is 10.2. The summed E-state index contributed by atoms with van der Waals surface area (Å²) in [7, 11) is 0. The normalized spacial score (nSPS) is 11.7. The van der Waals surface area contributed by atoms with Gasteiger partial charge in [-0.1, -0.05) is 43.8 Å². The second kappa shape index (κ2) is 8.86. The fraction of sp³-hybridized carbons (Fsp3) is 0.381. The Hall–Kier alpha value is -2.32. The number of nitriles is 1. The summed E-state index contributed by atoms with van der Waals surface area (Å²) in [6.07, 6.45) is 1.73. The lowest BCUT2D eigenvalue weighted by molar-refractivity contribution is -0.115. The Kier molecular flexibility index (Phi) is 6.82. The van der Waals surface area contributed by atoms with Gasteiger partial charge >= 0.3 is 0 Å². The molecular formula is C21H25N3OS. The summed E-state index contributed by atoms with van der Waals surface area (Å²) < 4.78 is 0. The van der Waals surface area contributed by atoms with Gasteiger partial charge in [-0.3, -0.25) is 4.79 Å². The maximum atomic E-state index is 12.8. The highest BCUT2D eigenvalue weighted by Gasteiger charge is 2.20. The van der Waals surface area contributed by atoms with E-state index in [1.165, 1.54) is 11.8 Å². The minimum Gasteiger partial charge on any atom is -0.325 e. The van der Waals surface area contributed by atoms with Gasteiger partial charge in [-0.2, -0.15) is 5.26 Å². The van der Waals surface area contributed by atoms with Crippen molar-refractivity contribution in [3.63, 3.8) is 0 Å². The third-order valence-corrected chi connectivity index (χ3v) is 5.41. The largest absolute Gasteiger partial charge is 0.325 e. The van der Waals surface area contributed by atoms with Gasteiger partial charge in [0.15, 0.2) is 0 Å². The van der Waals surface area contributed by atoms with Crippen molar-refractivity contribution >= 4 is 23.4 Å². The summed E-state index contributed by atoms with van der Waals surface area (Å²) in [5.41, 5.74) is 5.47. The lowest BCUT2D eigenvalue weighted by Gasteiger charge is -2.17. The van der Waals surface area contributed by atoms with E-state index >= 15 is 0 Å². The molecule has 26 heavy (non-hydrogen) atoms. The Morgan fingerprint density at radius 2 is 1.88 bits per heavy atom. The number of nitrogens with one attached hydrogen (secondary N) is 1. The fourth-order valence-electron chi connectivity index (χ4n) is 2.87. The second-order valence-corrected chi connectivity index (χ2v) is 7.61. The van der Waals surface area contributed by atoms with Crippen LogP contribution in [0.5, 0.6) is 0 Å². The van der Waals surface area contributed by atoms with Crippen molar-refractivity contribution in [3.05, 3.63) is 52.2 Å². The zero-order chi connectivity index (χ0) is 19.3. The van der Waals surface area contributed by atoms with E-state index in [2.05, 4.69) is 30.2 Å². The molecule has 2 aromatic rings. The van der Waals surface area contributed by atoms with Gasteiger partial charge in [0.25, 0.3) is 0 Å². The van der Waals surface area contributed by atoms with Gasteiger partial charge in [-0.25, -0.2) is 4.98 Å². The number of carbonyl (C=O) groups is 1. The van der Waals surface area contributed by atoms with Gasteiger partial charge in [0.1, 0.15) is 11.1 Å². The van der Waals surface area contributed by atoms with Crippen LogP contribution in [0.15, 0.2) is 29.3 Å². The molecule has 0 saturated heterocycles. The van der Waals surface area contributed by atoms with Gasteiger partial charge in [0.2, 0.25) is 5.91 Å². The average Bonchev–Trinajstić information content (AvgIpc) is 2.61. The molecule has 1 N–H and O–H groups in total. The molecule has 1 heterocycles. The number of thioether (sulfide) groups is 1. The quantitative estimate of drug-likeness (QED) is 0.744. The molecule has 136 valence electrons. The number of benzene rings is 1. The molecule has 4 nitrogen and oxygen atoms in total. The topological polar surface area (TPSA) is 65.8 Å². The van der Waals surface area contributed by atoms with Gasteiger partial charge < -0.3 is 5.32 Å². The number of nitrogens with zero attached hydrogens (tertiary/aromatic N) is 2. The van der Waals surface area contributed by atoms with E-state index < -0.39 is 0 Å². The number of anilines is 1. The molecule has 0 aliphatic rings. The smallest absolute Gasteiger partial charge is 0.237 e. The number of hydrogen-bond donors (Lipinski definition) is 1. The Morgan fingerprint density at radius 1 is 1.27 bits per heavy atom. The van der Waals surface area contributed by atoms with Crippen molar-refractivity contribution in [2.75, 3.05) is 5.32 Å². The predicted octanol–water partition coefficient (Wildman–Crippen LogP) is 4.81. The zero-order valence-corrected chi connectivity index (χ0v) is 16.8. The van der Waals surface area contributed by atoms with Crippen LogP contribution in [0.1, 0.15) is 48.7 Å². The molecule has 1 atom stereocenters. The van der Waals surface area contributed by atoms with Crippen LogP contribution in [-0.2, 0) is 17.6 Å². The van der Waals surface area contributed by atoms with Crippen molar-refractivity contribution in [1.82, 2.24) is 4.98 Å². The van der Waals surface area contributed by atoms with E-state index in [1.54, 1.807) is 0 Å². The van der Waals surface area contributed by atoms with Crippen LogP contribution in [0.3, 0.4) is 0 Å². The molecule has 1 aromatic carbocycles. The van der Waals surface area contributed by atoms with Crippen LogP contribution in [0, 0.1) is 25.2 Å². The summed E-state index contributed by atoms with van der Waals surface area (Å²) >= 11 is 1.33. The Bertz CT molecular complexity index is 833. The molecule has 0 aliphatic carbocycles. The van der Waals surface area contributed by atoms with Crippen LogP contribution >= 0.6 is 11.8 Å². The van der Waals surface area contributed by atoms with Crippen LogP contribution < -0.4 is 5.32 Å². The minimum absolute atomic E-state index is 0.0737. The zero-order valence-electron chi connectivity index (χ0n) is 16.0. The average molecular weight is 368 g/mol. The van der Waals surface area contributed by atoms with E-state index in [0.717, 1.165) is 40.9 Å². The van der Waals surface area contributed by atoms with Crippen molar-refractivity contribution in [2.45, 2.75) is 57.7 Å². The minimum atomic E-state index is -0.356.